The average Bonchev–Trinajstić information content (AvgIpc) is 3.61. The predicted octanol–water partition coefficient (Wildman–Crippen LogP) is 13.2. The van der Waals surface area contributed by atoms with Crippen molar-refractivity contribution in [2.24, 2.45) is 0 Å². The molecule has 0 radical (unpaired) electrons. The third-order valence-corrected chi connectivity index (χ3v) is 9.25. The summed E-state index contributed by atoms with van der Waals surface area (Å²) in [6.45, 7) is 0. The zero-order valence-corrected chi connectivity index (χ0v) is 26.3. The normalized spacial score (nSPS) is 11.3. The maximum atomic E-state index is 6.14. The standard InChI is InChI=1S/C46H31NO/c1-2-13-40(14-3-1)47(42-27-28-44-37(30-42)22-21-35-9-4-6-15-43(35)44)41-25-23-33(24-26-41)32-17-19-34(20-18-32)36-11-8-12-38(29-36)46-31-39-10-5-7-16-45(39)48-46/h1-31H. The smallest absolute Gasteiger partial charge is 0.135 e. The molecule has 8 aromatic carbocycles. The van der Waals surface area contributed by atoms with E-state index in [9.17, 15) is 0 Å². The number of nitrogens with zero attached hydrogens (tertiary/aromatic N) is 1. The van der Waals surface area contributed by atoms with Crippen LogP contribution >= 0.6 is 0 Å². The van der Waals surface area contributed by atoms with Crippen molar-refractivity contribution in [1.29, 1.82) is 0 Å². The Bertz CT molecular complexity index is 2510. The van der Waals surface area contributed by atoms with Crippen molar-refractivity contribution < 1.29 is 4.42 Å². The monoisotopic (exact) mass is 613 g/mol. The highest BCUT2D eigenvalue weighted by atomic mass is 16.3. The highest BCUT2D eigenvalue weighted by molar-refractivity contribution is 6.08. The summed E-state index contributed by atoms with van der Waals surface area (Å²) in [4.78, 5) is 2.33. The molecule has 0 amide bonds. The molecule has 0 N–H and O–H groups in total. The molecule has 0 aliphatic rings. The number of furan rings is 1. The van der Waals surface area contributed by atoms with Gasteiger partial charge < -0.3 is 9.32 Å². The molecule has 0 atom stereocenters. The molecule has 0 aliphatic carbocycles. The van der Waals surface area contributed by atoms with Crippen molar-refractivity contribution in [1.82, 2.24) is 0 Å². The number of hydrogen-bond donors (Lipinski definition) is 0. The Hall–Kier alpha value is -6.38. The van der Waals surface area contributed by atoms with Crippen molar-refractivity contribution in [3.63, 3.8) is 0 Å². The highest BCUT2D eigenvalue weighted by Crippen LogP contribution is 2.38. The number of rotatable bonds is 6. The molecule has 48 heavy (non-hydrogen) atoms. The molecular weight excluding hydrogens is 583 g/mol. The zero-order valence-electron chi connectivity index (χ0n) is 26.3. The van der Waals surface area contributed by atoms with E-state index in [4.69, 9.17) is 4.42 Å². The van der Waals surface area contributed by atoms with Crippen LogP contribution in [0, 0.1) is 0 Å². The van der Waals surface area contributed by atoms with Crippen molar-refractivity contribution in [2.45, 2.75) is 0 Å². The van der Waals surface area contributed by atoms with Crippen LogP contribution < -0.4 is 4.90 Å². The first kappa shape index (κ1) is 27.9. The van der Waals surface area contributed by atoms with Gasteiger partial charge in [-0.15, -0.1) is 0 Å². The Morgan fingerprint density at radius 1 is 0.312 bits per heavy atom. The van der Waals surface area contributed by atoms with E-state index in [2.05, 4.69) is 175 Å². The maximum absolute atomic E-state index is 6.14. The van der Waals surface area contributed by atoms with Gasteiger partial charge in [-0.05, 0) is 98.4 Å². The molecule has 0 aliphatic heterocycles. The summed E-state index contributed by atoms with van der Waals surface area (Å²) >= 11 is 0. The van der Waals surface area contributed by atoms with Crippen LogP contribution in [0.25, 0.3) is 66.1 Å². The van der Waals surface area contributed by atoms with Crippen molar-refractivity contribution in [3.05, 3.63) is 188 Å². The molecular formula is C46H31NO. The van der Waals surface area contributed by atoms with E-state index >= 15 is 0 Å². The fraction of sp³-hybridized carbons (Fsp3) is 0. The largest absolute Gasteiger partial charge is 0.456 e. The summed E-state index contributed by atoms with van der Waals surface area (Å²) in [5.74, 6) is 0.886. The van der Waals surface area contributed by atoms with Gasteiger partial charge in [0, 0.05) is 28.0 Å². The lowest BCUT2D eigenvalue weighted by atomic mass is 9.98. The molecule has 1 aromatic heterocycles. The molecule has 2 nitrogen and oxygen atoms in total. The molecule has 0 spiro atoms. The van der Waals surface area contributed by atoms with Gasteiger partial charge in [-0.3, -0.25) is 0 Å². The van der Waals surface area contributed by atoms with Crippen LogP contribution in [0.4, 0.5) is 17.1 Å². The minimum absolute atomic E-state index is 0.886. The maximum Gasteiger partial charge on any atom is 0.135 e. The molecule has 226 valence electrons. The molecule has 0 bridgehead atoms. The van der Waals surface area contributed by atoms with E-state index in [0.717, 1.165) is 44.9 Å². The molecule has 0 fully saturated rings. The molecule has 0 saturated carbocycles. The summed E-state index contributed by atoms with van der Waals surface area (Å²) in [6, 6.07) is 66.9. The van der Waals surface area contributed by atoms with Crippen molar-refractivity contribution in [3.8, 4) is 33.6 Å². The lowest BCUT2D eigenvalue weighted by Crippen LogP contribution is -2.09. The SMILES string of the molecule is c1ccc(N(c2ccc(-c3ccc(-c4cccc(-c5cc6ccccc6o5)c4)cc3)cc2)c2ccc3c(ccc4ccccc43)c2)cc1. The van der Waals surface area contributed by atoms with E-state index in [1.807, 2.05) is 18.2 Å². The summed E-state index contributed by atoms with van der Waals surface area (Å²) in [5, 5.41) is 6.16. The average molecular weight is 614 g/mol. The molecule has 9 rings (SSSR count). The van der Waals surface area contributed by atoms with Crippen LogP contribution in [-0.2, 0) is 0 Å². The van der Waals surface area contributed by atoms with Gasteiger partial charge in [0.25, 0.3) is 0 Å². The number of para-hydroxylation sites is 2. The summed E-state index contributed by atoms with van der Waals surface area (Å²) < 4.78 is 6.14. The minimum atomic E-state index is 0.886. The lowest BCUT2D eigenvalue weighted by molar-refractivity contribution is 0.631. The topological polar surface area (TPSA) is 16.4 Å². The third kappa shape index (κ3) is 5.10. The lowest BCUT2D eigenvalue weighted by Gasteiger charge is -2.26. The van der Waals surface area contributed by atoms with Crippen LogP contribution in [0.5, 0.6) is 0 Å². The van der Waals surface area contributed by atoms with E-state index in [1.54, 1.807) is 0 Å². The molecule has 9 aromatic rings. The Labute approximate surface area is 279 Å². The van der Waals surface area contributed by atoms with Crippen LogP contribution in [0.1, 0.15) is 0 Å². The van der Waals surface area contributed by atoms with Crippen LogP contribution in [0.3, 0.4) is 0 Å². The van der Waals surface area contributed by atoms with Gasteiger partial charge in [0.2, 0.25) is 0 Å². The van der Waals surface area contributed by atoms with E-state index < -0.39 is 0 Å². The third-order valence-electron chi connectivity index (χ3n) is 9.25. The van der Waals surface area contributed by atoms with E-state index in [1.165, 1.54) is 38.2 Å². The van der Waals surface area contributed by atoms with Gasteiger partial charge in [0.1, 0.15) is 11.3 Å². The second-order valence-corrected chi connectivity index (χ2v) is 12.2. The van der Waals surface area contributed by atoms with Crippen LogP contribution in [0.15, 0.2) is 192 Å². The number of hydrogen-bond acceptors (Lipinski definition) is 2. The molecule has 0 unspecified atom stereocenters. The van der Waals surface area contributed by atoms with Gasteiger partial charge >= 0.3 is 0 Å². The van der Waals surface area contributed by atoms with Gasteiger partial charge in [-0.2, -0.15) is 0 Å². The van der Waals surface area contributed by atoms with Gasteiger partial charge in [0.05, 0.1) is 0 Å². The Morgan fingerprint density at radius 2 is 0.896 bits per heavy atom. The fourth-order valence-corrected chi connectivity index (χ4v) is 6.80. The second kappa shape index (κ2) is 11.8. The van der Waals surface area contributed by atoms with Crippen LogP contribution in [0.2, 0.25) is 0 Å². The Morgan fingerprint density at radius 3 is 1.69 bits per heavy atom. The predicted molar refractivity (Wildman–Crippen MR) is 202 cm³/mol. The van der Waals surface area contributed by atoms with Gasteiger partial charge in [0.15, 0.2) is 0 Å². The summed E-state index contributed by atoms with van der Waals surface area (Å²) in [5.41, 5.74) is 10.1. The van der Waals surface area contributed by atoms with Gasteiger partial charge in [-0.1, -0.05) is 133 Å². The Balaban J connectivity index is 1.02. The first-order chi connectivity index (χ1) is 23.8. The molecule has 1 heterocycles. The Kier molecular flexibility index (Phi) is 6.84. The van der Waals surface area contributed by atoms with E-state index in [0.29, 0.717) is 0 Å². The second-order valence-electron chi connectivity index (χ2n) is 12.2. The summed E-state index contributed by atoms with van der Waals surface area (Å²) in [6.07, 6.45) is 0. The number of benzene rings is 8. The first-order valence-electron chi connectivity index (χ1n) is 16.3. The van der Waals surface area contributed by atoms with Gasteiger partial charge in [-0.25, -0.2) is 0 Å². The first-order valence-corrected chi connectivity index (χ1v) is 16.3. The van der Waals surface area contributed by atoms with Crippen molar-refractivity contribution >= 4 is 49.6 Å². The minimum Gasteiger partial charge on any atom is -0.456 e. The highest BCUT2D eigenvalue weighted by Gasteiger charge is 2.14. The quantitative estimate of drug-likeness (QED) is 0.174. The van der Waals surface area contributed by atoms with Crippen molar-refractivity contribution in [2.75, 3.05) is 4.90 Å². The number of anilines is 3. The molecule has 2 heteroatoms. The summed E-state index contributed by atoms with van der Waals surface area (Å²) in [7, 11) is 0. The van der Waals surface area contributed by atoms with Crippen LogP contribution in [-0.4, -0.2) is 0 Å². The zero-order chi connectivity index (χ0) is 31.9. The fourth-order valence-electron chi connectivity index (χ4n) is 6.80. The molecule has 0 saturated heterocycles. The number of fused-ring (bicyclic) bond motifs is 4. The van der Waals surface area contributed by atoms with E-state index in [-0.39, 0.29) is 0 Å².